The number of hydrogen-bond donors (Lipinski definition) is 1. The first-order chi connectivity index (χ1) is 12.7. The molecule has 0 saturated heterocycles. The van der Waals surface area contributed by atoms with Crippen LogP contribution in [0.15, 0.2) is 18.2 Å². The normalized spacial score (nSPS) is 11.1. The van der Waals surface area contributed by atoms with Crippen LogP contribution < -0.4 is 4.74 Å². The van der Waals surface area contributed by atoms with E-state index in [2.05, 4.69) is 26.0 Å². The van der Waals surface area contributed by atoms with Crippen LogP contribution in [-0.2, 0) is 11.2 Å². The van der Waals surface area contributed by atoms with E-state index in [0.29, 0.717) is 11.5 Å². The van der Waals surface area contributed by atoms with Gasteiger partial charge in [0.2, 0.25) is 0 Å². The summed E-state index contributed by atoms with van der Waals surface area (Å²) in [7, 11) is 1.61. The minimum atomic E-state index is -0.857. The molecule has 0 aliphatic heterocycles. The van der Waals surface area contributed by atoms with Crippen LogP contribution in [0.3, 0.4) is 0 Å². The molecule has 4 nitrogen and oxygen atoms in total. The number of ether oxygens (including phenoxy) is 2. The molecule has 146 valence electrons. The molecule has 0 radical (unpaired) electrons. The molecule has 0 saturated carbocycles. The Hall–Kier alpha value is -2.33. The Labute approximate surface area is 162 Å². The minimum absolute atomic E-state index is 0.228. The number of carbonyl (C=O) groups is 1. The molecule has 2 aromatic carbocycles. The van der Waals surface area contributed by atoms with Gasteiger partial charge in [0.15, 0.2) is 6.79 Å². The van der Waals surface area contributed by atoms with Crippen LogP contribution in [0.25, 0.3) is 0 Å². The summed E-state index contributed by atoms with van der Waals surface area (Å²) >= 11 is 0. The van der Waals surface area contributed by atoms with Gasteiger partial charge in [-0.3, -0.25) is 0 Å². The lowest BCUT2D eigenvalue weighted by Gasteiger charge is -2.20. The number of carboxylic acids is 1. The van der Waals surface area contributed by atoms with Crippen LogP contribution in [0, 0.1) is 27.7 Å². The van der Waals surface area contributed by atoms with Gasteiger partial charge in [-0.25, -0.2) is 4.79 Å². The Kier molecular flexibility index (Phi) is 6.66. The predicted molar refractivity (Wildman–Crippen MR) is 108 cm³/mol. The Morgan fingerprint density at radius 2 is 1.63 bits per heavy atom. The second-order valence-electron chi connectivity index (χ2n) is 7.41. The molecule has 0 atom stereocenters. The summed E-state index contributed by atoms with van der Waals surface area (Å²) in [5, 5.41) is 9.55. The molecule has 4 heteroatoms. The highest BCUT2D eigenvalue weighted by atomic mass is 16.7. The first-order valence-electron chi connectivity index (χ1n) is 9.26. The van der Waals surface area contributed by atoms with Gasteiger partial charge in [-0.2, -0.15) is 0 Å². The second-order valence-corrected chi connectivity index (χ2v) is 7.41. The van der Waals surface area contributed by atoms with E-state index in [1.54, 1.807) is 7.11 Å². The average molecular weight is 370 g/mol. The van der Waals surface area contributed by atoms with Crippen LogP contribution in [0.1, 0.15) is 69.1 Å². The van der Waals surface area contributed by atoms with Crippen molar-refractivity contribution in [2.24, 2.45) is 0 Å². The molecule has 0 fully saturated rings. The molecule has 0 aliphatic carbocycles. The molecule has 0 amide bonds. The smallest absolute Gasteiger partial charge is 0.336 e. The molecule has 0 heterocycles. The molecule has 2 rings (SSSR count). The zero-order valence-corrected chi connectivity index (χ0v) is 17.4. The van der Waals surface area contributed by atoms with E-state index in [9.17, 15) is 9.90 Å². The van der Waals surface area contributed by atoms with E-state index in [1.807, 2.05) is 33.8 Å². The number of hydrogen-bond acceptors (Lipinski definition) is 3. The monoisotopic (exact) mass is 370 g/mol. The van der Waals surface area contributed by atoms with E-state index in [1.165, 1.54) is 11.1 Å². The van der Waals surface area contributed by atoms with E-state index >= 15 is 0 Å². The lowest BCUT2D eigenvalue weighted by atomic mass is 9.85. The molecular formula is C23H30O4. The SMILES string of the molecule is COCOc1ccc(Cc2c(C)c(C)c(C(=O)O)c(C)c2C)cc1C(C)C. The predicted octanol–water partition coefficient (Wildman–Crippen LogP) is 5.32. The molecule has 0 aromatic heterocycles. The Bertz CT molecular complexity index is 821. The lowest BCUT2D eigenvalue weighted by Crippen LogP contribution is -2.10. The number of rotatable bonds is 7. The van der Waals surface area contributed by atoms with Crippen molar-refractivity contribution in [2.75, 3.05) is 13.9 Å². The van der Waals surface area contributed by atoms with Gasteiger partial charge in [-0.05, 0) is 85.0 Å². The van der Waals surface area contributed by atoms with Crippen LogP contribution in [0.4, 0.5) is 0 Å². The van der Waals surface area contributed by atoms with Gasteiger partial charge in [0, 0.05) is 7.11 Å². The van der Waals surface area contributed by atoms with Gasteiger partial charge in [-0.1, -0.05) is 26.0 Å². The van der Waals surface area contributed by atoms with Gasteiger partial charge in [0.1, 0.15) is 5.75 Å². The number of benzene rings is 2. The molecular weight excluding hydrogens is 340 g/mol. The van der Waals surface area contributed by atoms with Gasteiger partial charge >= 0.3 is 5.97 Å². The topological polar surface area (TPSA) is 55.8 Å². The maximum Gasteiger partial charge on any atom is 0.336 e. The maximum atomic E-state index is 11.6. The van der Waals surface area contributed by atoms with E-state index in [0.717, 1.165) is 40.0 Å². The second kappa shape index (κ2) is 8.57. The van der Waals surface area contributed by atoms with Crippen molar-refractivity contribution in [1.82, 2.24) is 0 Å². The van der Waals surface area contributed by atoms with E-state index in [4.69, 9.17) is 9.47 Å². The van der Waals surface area contributed by atoms with Crippen molar-refractivity contribution < 1.29 is 19.4 Å². The lowest BCUT2D eigenvalue weighted by molar-refractivity contribution is 0.0502. The Morgan fingerprint density at radius 1 is 1.04 bits per heavy atom. The molecule has 0 aliphatic rings. The summed E-state index contributed by atoms with van der Waals surface area (Å²) < 4.78 is 10.7. The van der Waals surface area contributed by atoms with Crippen molar-refractivity contribution in [3.8, 4) is 5.75 Å². The first-order valence-corrected chi connectivity index (χ1v) is 9.26. The van der Waals surface area contributed by atoms with Crippen LogP contribution in [0.5, 0.6) is 5.75 Å². The van der Waals surface area contributed by atoms with Crippen molar-refractivity contribution >= 4 is 5.97 Å². The highest BCUT2D eigenvalue weighted by Crippen LogP contribution is 2.32. The average Bonchev–Trinajstić information content (AvgIpc) is 2.62. The molecule has 0 unspecified atom stereocenters. The fraction of sp³-hybridized carbons (Fsp3) is 0.435. The summed E-state index contributed by atoms with van der Waals surface area (Å²) in [6, 6.07) is 6.26. The van der Waals surface area contributed by atoms with Crippen LogP contribution in [-0.4, -0.2) is 25.0 Å². The van der Waals surface area contributed by atoms with Gasteiger partial charge < -0.3 is 14.6 Å². The van der Waals surface area contributed by atoms with Crippen LogP contribution >= 0.6 is 0 Å². The molecule has 0 bridgehead atoms. The van der Waals surface area contributed by atoms with E-state index < -0.39 is 5.97 Å². The third kappa shape index (κ3) is 4.33. The highest BCUT2D eigenvalue weighted by Gasteiger charge is 2.19. The number of carboxylic acid groups (broad SMARTS) is 1. The van der Waals surface area contributed by atoms with Crippen molar-refractivity contribution in [3.63, 3.8) is 0 Å². The van der Waals surface area contributed by atoms with Crippen molar-refractivity contribution in [2.45, 2.75) is 53.9 Å². The Balaban J connectivity index is 2.48. The third-order valence-corrected chi connectivity index (χ3v) is 5.40. The highest BCUT2D eigenvalue weighted by molar-refractivity contribution is 5.92. The maximum absolute atomic E-state index is 11.6. The quantitative estimate of drug-likeness (QED) is 0.671. The van der Waals surface area contributed by atoms with E-state index in [-0.39, 0.29) is 6.79 Å². The molecule has 1 N–H and O–H groups in total. The minimum Gasteiger partial charge on any atom is -0.478 e. The summed E-state index contributed by atoms with van der Waals surface area (Å²) in [4.78, 5) is 11.6. The fourth-order valence-electron chi connectivity index (χ4n) is 3.59. The zero-order valence-electron chi connectivity index (χ0n) is 17.4. The summed E-state index contributed by atoms with van der Waals surface area (Å²) in [6.45, 7) is 12.3. The molecule has 2 aromatic rings. The van der Waals surface area contributed by atoms with Gasteiger partial charge in [-0.15, -0.1) is 0 Å². The van der Waals surface area contributed by atoms with Gasteiger partial charge in [0.25, 0.3) is 0 Å². The van der Waals surface area contributed by atoms with Crippen molar-refractivity contribution in [1.29, 1.82) is 0 Å². The summed E-state index contributed by atoms with van der Waals surface area (Å²) in [6.07, 6.45) is 0.767. The molecule has 0 spiro atoms. The van der Waals surface area contributed by atoms with Gasteiger partial charge in [0.05, 0.1) is 5.56 Å². The third-order valence-electron chi connectivity index (χ3n) is 5.40. The summed E-state index contributed by atoms with van der Waals surface area (Å²) in [5.74, 6) is 0.318. The standard InChI is InChI=1S/C23H30O4/c1-13(2)19-10-18(8-9-21(19)27-12-26-7)11-20-14(3)16(5)22(23(24)25)17(6)15(20)4/h8-10,13H,11-12H2,1-7H3,(H,24,25). The Morgan fingerprint density at radius 3 is 2.11 bits per heavy atom. The largest absolute Gasteiger partial charge is 0.478 e. The molecule has 27 heavy (non-hydrogen) atoms. The number of aromatic carboxylic acids is 1. The summed E-state index contributed by atoms with van der Waals surface area (Å²) in [5.41, 5.74) is 7.79. The fourth-order valence-corrected chi connectivity index (χ4v) is 3.59. The first kappa shape index (κ1) is 21.0. The van der Waals surface area contributed by atoms with Crippen molar-refractivity contribution in [3.05, 3.63) is 62.7 Å². The number of methoxy groups -OCH3 is 1. The zero-order chi connectivity index (χ0) is 20.3. The van der Waals surface area contributed by atoms with Crippen LogP contribution in [0.2, 0.25) is 0 Å².